The Balaban J connectivity index is 1.54. The molecular formula is C17H16FN5O3S. The number of nitrogens with zero attached hydrogens (tertiary/aromatic N) is 3. The van der Waals surface area contributed by atoms with Crippen molar-refractivity contribution >= 4 is 10.0 Å². The molecule has 140 valence electrons. The zero-order valence-electron chi connectivity index (χ0n) is 14.1. The molecule has 0 bridgehead atoms. The minimum atomic E-state index is -3.97. The molecule has 0 unspecified atom stereocenters. The monoisotopic (exact) mass is 389 g/mol. The van der Waals surface area contributed by atoms with Crippen molar-refractivity contribution in [3.8, 4) is 11.4 Å². The van der Waals surface area contributed by atoms with E-state index in [1.165, 1.54) is 0 Å². The molecule has 0 atom stereocenters. The highest BCUT2D eigenvalue weighted by molar-refractivity contribution is 7.89. The average molecular weight is 389 g/mol. The van der Waals surface area contributed by atoms with Gasteiger partial charge in [0.15, 0.2) is 0 Å². The molecule has 3 aromatic rings. The highest BCUT2D eigenvalue weighted by Crippen LogP contribution is 2.30. The lowest BCUT2D eigenvalue weighted by Gasteiger charge is -2.22. The summed E-state index contributed by atoms with van der Waals surface area (Å²) < 4.78 is 41.7. The van der Waals surface area contributed by atoms with Crippen LogP contribution in [0.3, 0.4) is 0 Å². The van der Waals surface area contributed by atoms with Crippen molar-refractivity contribution in [3.05, 3.63) is 59.4 Å². The van der Waals surface area contributed by atoms with E-state index in [4.69, 9.17) is 0 Å². The molecule has 0 spiro atoms. The summed E-state index contributed by atoms with van der Waals surface area (Å²) >= 11 is 0. The van der Waals surface area contributed by atoms with Crippen LogP contribution in [0.4, 0.5) is 4.39 Å². The van der Waals surface area contributed by atoms with Crippen LogP contribution in [-0.4, -0.2) is 46.3 Å². The summed E-state index contributed by atoms with van der Waals surface area (Å²) in [4.78, 5) is -0.150. The number of aliphatic hydroxyl groups is 1. The van der Waals surface area contributed by atoms with Crippen molar-refractivity contribution in [2.45, 2.75) is 23.3 Å². The number of sulfonamides is 1. The molecule has 2 aromatic carbocycles. The Bertz CT molecular complexity index is 1060. The minimum absolute atomic E-state index is 0.0468. The smallest absolute Gasteiger partial charge is 0.240 e. The number of nitrogens with one attached hydrogen (secondary N) is 2. The molecule has 0 saturated heterocycles. The molecule has 4 rings (SSSR count). The largest absolute Gasteiger partial charge is 0.388 e. The third-order valence-electron chi connectivity index (χ3n) is 4.58. The summed E-state index contributed by atoms with van der Waals surface area (Å²) in [5.41, 5.74) is 0.715. The van der Waals surface area contributed by atoms with Crippen LogP contribution in [0.1, 0.15) is 11.1 Å². The summed E-state index contributed by atoms with van der Waals surface area (Å²) in [5, 5.41) is 23.6. The second-order valence-corrected chi connectivity index (χ2v) is 8.32. The highest BCUT2D eigenvalue weighted by atomic mass is 32.2. The maximum absolute atomic E-state index is 14.0. The SMILES string of the molecule is O=S(=O)(NCC1(O)Cc2ccccc2C1)c1ccc(F)c(-c2nn[nH]n2)c1. The van der Waals surface area contributed by atoms with Crippen LogP contribution in [0.2, 0.25) is 0 Å². The third kappa shape index (κ3) is 3.46. The number of aromatic amines is 1. The first-order valence-electron chi connectivity index (χ1n) is 8.19. The number of hydrogen-bond donors (Lipinski definition) is 3. The number of aromatic nitrogens is 4. The van der Waals surface area contributed by atoms with Gasteiger partial charge in [-0.25, -0.2) is 17.5 Å². The van der Waals surface area contributed by atoms with Gasteiger partial charge < -0.3 is 5.11 Å². The van der Waals surface area contributed by atoms with Crippen LogP contribution < -0.4 is 4.72 Å². The van der Waals surface area contributed by atoms with Gasteiger partial charge in [-0.1, -0.05) is 24.3 Å². The molecule has 0 radical (unpaired) electrons. The van der Waals surface area contributed by atoms with Gasteiger partial charge in [0.05, 0.1) is 16.1 Å². The standard InChI is InChI=1S/C17H16FN5O3S/c18-15-6-5-13(7-14(15)16-20-22-23-21-16)27(25,26)19-10-17(24)8-11-3-1-2-4-12(11)9-17/h1-7,19,24H,8-10H2,(H,20,21,22,23). The van der Waals surface area contributed by atoms with Gasteiger partial charge in [0.1, 0.15) is 5.82 Å². The summed E-state index contributed by atoms with van der Waals surface area (Å²) in [6.07, 6.45) is 0.729. The molecule has 0 fully saturated rings. The Morgan fingerprint density at radius 3 is 2.52 bits per heavy atom. The molecule has 0 saturated carbocycles. The van der Waals surface area contributed by atoms with Crippen LogP contribution in [-0.2, 0) is 22.9 Å². The molecular weight excluding hydrogens is 373 g/mol. The predicted molar refractivity (Wildman–Crippen MR) is 93.6 cm³/mol. The molecule has 0 amide bonds. The van der Waals surface area contributed by atoms with E-state index in [1.54, 1.807) is 0 Å². The van der Waals surface area contributed by atoms with Crippen molar-refractivity contribution in [1.82, 2.24) is 25.3 Å². The fourth-order valence-electron chi connectivity index (χ4n) is 3.23. The quantitative estimate of drug-likeness (QED) is 0.594. The Morgan fingerprint density at radius 2 is 1.89 bits per heavy atom. The van der Waals surface area contributed by atoms with Crippen molar-refractivity contribution in [1.29, 1.82) is 0 Å². The van der Waals surface area contributed by atoms with Crippen molar-refractivity contribution in [2.24, 2.45) is 0 Å². The number of fused-ring (bicyclic) bond motifs is 1. The Labute approximate surface area is 154 Å². The molecule has 1 aromatic heterocycles. The minimum Gasteiger partial charge on any atom is -0.388 e. The molecule has 1 heterocycles. The second kappa shape index (κ2) is 6.48. The van der Waals surface area contributed by atoms with Crippen LogP contribution in [0.15, 0.2) is 47.4 Å². The molecule has 8 nitrogen and oxygen atoms in total. The fraction of sp³-hybridized carbons (Fsp3) is 0.235. The van der Waals surface area contributed by atoms with E-state index in [0.717, 1.165) is 29.3 Å². The first kappa shape index (κ1) is 17.7. The molecule has 0 aliphatic heterocycles. The second-order valence-electron chi connectivity index (χ2n) is 6.55. The van der Waals surface area contributed by atoms with E-state index in [1.807, 2.05) is 24.3 Å². The number of H-pyrrole nitrogens is 1. The van der Waals surface area contributed by atoms with Gasteiger partial charge in [0, 0.05) is 19.4 Å². The zero-order chi connectivity index (χ0) is 19.1. The van der Waals surface area contributed by atoms with E-state index in [9.17, 15) is 17.9 Å². The molecule has 10 heteroatoms. The predicted octanol–water partition coefficient (Wildman–Crippen LogP) is 0.814. The molecule has 27 heavy (non-hydrogen) atoms. The van der Waals surface area contributed by atoms with E-state index in [-0.39, 0.29) is 22.8 Å². The highest BCUT2D eigenvalue weighted by Gasteiger charge is 2.36. The summed E-state index contributed by atoms with van der Waals surface area (Å²) in [6.45, 7) is -0.154. The van der Waals surface area contributed by atoms with Crippen LogP contribution in [0.25, 0.3) is 11.4 Å². The first-order chi connectivity index (χ1) is 12.9. The Hall–Kier alpha value is -2.69. The van der Waals surface area contributed by atoms with Gasteiger partial charge in [-0.3, -0.25) is 0 Å². The Kier molecular flexibility index (Phi) is 4.25. The van der Waals surface area contributed by atoms with Crippen molar-refractivity contribution in [3.63, 3.8) is 0 Å². The van der Waals surface area contributed by atoms with Crippen LogP contribution in [0, 0.1) is 5.82 Å². The lowest BCUT2D eigenvalue weighted by Crippen LogP contribution is -2.43. The van der Waals surface area contributed by atoms with Crippen LogP contribution in [0.5, 0.6) is 0 Å². The lowest BCUT2D eigenvalue weighted by atomic mass is 10.0. The average Bonchev–Trinajstić information content (AvgIpc) is 3.27. The third-order valence-corrected chi connectivity index (χ3v) is 5.98. The van der Waals surface area contributed by atoms with E-state index in [2.05, 4.69) is 25.3 Å². The molecule has 1 aliphatic rings. The van der Waals surface area contributed by atoms with Gasteiger partial charge in [-0.2, -0.15) is 5.21 Å². The van der Waals surface area contributed by atoms with Crippen molar-refractivity contribution < 1.29 is 17.9 Å². The summed E-state index contributed by atoms with van der Waals surface area (Å²) in [7, 11) is -3.97. The number of halogens is 1. The van der Waals surface area contributed by atoms with Gasteiger partial charge in [0.2, 0.25) is 15.8 Å². The van der Waals surface area contributed by atoms with Gasteiger partial charge in [-0.05, 0) is 34.5 Å². The normalized spacial score (nSPS) is 15.6. The lowest BCUT2D eigenvalue weighted by molar-refractivity contribution is 0.0567. The van der Waals surface area contributed by atoms with E-state index < -0.39 is 21.4 Å². The fourth-order valence-corrected chi connectivity index (χ4v) is 4.38. The summed E-state index contributed by atoms with van der Waals surface area (Å²) in [5.74, 6) is -0.713. The molecule has 1 aliphatic carbocycles. The van der Waals surface area contributed by atoms with Gasteiger partial charge >= 0.3 is 0 Å². The van der Waals surface area contributed by atoms with Gasteiger partial charge in [0.25, 0.3) is 0 Å². The van der Waals surface area contributed by atoms with Gasteiger partial charge in [-0.15, -0.1) is 10.2 Å². The zero-order valence-corrected chi connectivity index (χ0v) is 14.9. The number of benzene rings is 2. The number of rotatable bonds is 5. The summed E-state index contributed by atoms with van der Waals surface area (Å²) in [6, 6.07) is 10.9. The van der Waals surface area contributed by atoms with Crippen molar-refractivity contribution in [2.75, 3.05) is 6.54 Å². The molecule has 3 N–H and O–H groups in total. The number of tetrazole rings is 1. The maximum atomic E-state index is 14.0. The maximum Gasteiger partial charge on any atom is 0.240 e. The first-order valence-corrected chi connectivity index (χ1v) is 9.67. The topological polar surface area (TPSA) is 121 Å². The van der Waals surface area contributed by atoms with Crippen LogP contribution >= 0.6 is 0 Å². The van der Waals surface area contributed by atoms with E-state index >= 15 is 0 Å². The number of hydrogen-bond acceptors (Lipinski definition) is 6. The Morgan fingerprint density at radius 1 is 1.19 bits per heavy atom. The van der Waals surface area contributed by atoms with E-state index in [0.29, 0.717) is 12.8 Å².